The Morgan fingerprint density at radius 1 is 0.625 bits per heavy atom. The zero-order valence-electron chi connectivity index (χ0n) is 30.8. The molecule has 5 aromatic carbocycles. The number of aliphatic hydroxyl groups excluding tert-OH is 2. The number of aliphatic hydroxyl groups is 2. The third kappa shape index (κ3) is 12.9. The molecule has 0 saturated carbocycles. The Labute approximate surface area is 327 Å². The molecule has 2 aliphatic heterocycles. The number of rotatable bonds is 8. The van der Waals surface area contributed by atoms with Crippen molar-refractivity contribution in [1.29, 1.82) is 0 Å². The van der Waals surface area contributed by atoms with Gasteiger partial charge in [0.25, 0.3) is 0 Å². The number of ether oxygens (including phenoxy) is 2. The molecule has 2 fully saturated rings. The fourth-order valence-corrected chi connectivity index (χ4v) is 8.16. The number of benzene rings is 5. The van der Waals surface area contributed by atoms with E-state index in [1.165, 1.54) is 25.7 Å². The molecular formula is C42H47N6O7P. The lowest BCUT2D eigenvalue weighted by Gasteiger charge is -2.18. The first-order valence-corrected chi connectivity index (χ1v) is 19.2. The summed E-state index contributed by atoms with van der Waals surface area (Å²) >= 11 is 0. The highest BCUT2D eigenvalue weighted by Crippen LogP contribution is 2.32. The standard InChI is InChI=1S/C18H15P.C12H14N4O3.C12H16N2O3.H2O/c1-4-10-16(11-5-1)19(17-12-6-2-7-13-17)18-14-8-3-9-15-18;13-15-14-10-6-16(7-11(10)17)12(18)19-8-9-4-2-1-3-5-9;13-10-6-14(7-11(10)15)12(16)17-8-9-4-2-1-3-5-9;/h1-15H;1-5,10-11,17H,6-8H2;1-5,10-11,15H,6-8,13H2;1H2/t;2*10-,11-;/m.00./s1. The predicted octanol–water partition coefficient (Wildman–Crippen LogP) is 4.63. The molecule has 0 aromatic heterocycles. The second kappa shape index (κ2) is 22.6. The van der Waals surface area contributed by atoms with Crippen LogP contribution in [-0.2, 0) is 22.7 Å². The highest BCUT2D eigenvalue weighted by molar-refractivity contribution is 7.79. The van der Waals surface area contributed by atoms with Crippen molar-refractivity contribution in [3.05, 3.63) is 173 Å². The Kier molecular flexibility index (Phi) is 17.3. The maximum atomic E-state index is 11.8. The predicted molar refractivity (Wildman–Crippen MR) is 218 cm³/mol. The molecule has 292 valence electrons. The third-order valence-corrected chi connectivity index (χ3v) is 11.2. The van der Waals surface area contributed by atoms with E-state index in [9.17, 15) is 19.8 Å². The highest BCUT2D eigenvalue weighted by Gasteiger charge is 2.34. The lowest BCUT2D eigenvalue weighted by atomic mass is 10.2. The summed E-state index contributed by atoms with van der Waals surface area (Å²) < 4.78 is 10.3. The van der Waals surface area contributed by atoms with Crippen LogP contribution in [0.25, 0.3) is 10.4 Å². The van der Waals surface area contributed by atoms with Gasteiger partial charge in [-0.15, -0.1) is 0 Å². The van der Waals surface area contributed by atoms with Gasteiger partial charge in [0.05, 0.1) is 37.4 Å². The first-order valence-electron chi connectivity index (χ1n) is 17.8. The lowest BCUT2D eigenvalue weighted by molar-refractivity contribution is 0.0967. The molecule has 4 atom stereocenters. The first kappa shape index (κ1) is 43.0. The molecule has 13 nitrogen and oxygen atoms in total. The van der Waals surface area contributed by atoms with Crippen LogP contribution in [0.4, 0.5) is 9.59 Å². The summed E-state index contributed by atoms with van der Waals surface area (Å²) in [6.07, 6.45) is -2.43. The minimum absolute atomic E-state index is 0. The SMILES string of the molecule is N[C@H]1CN(C(=O)OCc2ccccc2)C[C@@H]1O.O.[N-]=[N+]=N[C@H]1CN(C(=O)OCc2ccccc2)C[C@@H]1O.c1ccc(P(c2ccccc2)c2ccccc2)cc1. The molecule has 56 heavy (non-hydrogen) atoms. The molecule has 5 aromatic rings. The fourth-order valence-electron chi connectivity index (χ4n) is 5.86. The summed E-state index contributed by atoms with van der Waals surface area (Å²) in [5, 5.41) is 26.7. The second-order valence-corrected chi connectivity index (χ2v) is 15.0. The first-order chi connectivity index (χ1) is 26.8. The Bertz CT molecular complexity index is 1840. The number of amides is 2. The van der Waals surface area contributed by atoms with Crippen LogP contribution in [0.3, 0.4) is 0 Å². The molecule has 2 amide bonds. The maximum absolute atomic E-state index is 11.8. The molecule has 0 bridgehead atoms. The van der Waals surface area contributed by atoms with Crippen LogP contribution in [-0.4, -0.2) is 88.1 Å². The van der Waals surface area contributed by atoms with Gasteiger partial charge in [-0.2, -0.15) is 0 Å². The van der Waals surface area contributed by atoms with Gasteiger partial charge < -0.3 is 40.7 Å². The summed E-state index contributed by atoms with van der Waals surface area (Å²) in [5.41, 5.74) is 15.8. The van der Waals surface area contributed by atoms with Gasteiger partial charge in [0.2, 0.25) is 0 Å². The molecule has 0 aliphatic carbocycles. The van der Waals surface area contributed by atoms with Crippen molar-refractivity contribution in [2.45, 2.75) is 37.5 Å². The summed E-state index contributed by atoms with van der Waals surface area (Å²) in [4.78, 5) is 28.8. The zero-order chi connectivity index (χ0) is 38.8. The quantitative estimate of drug-likeness (QED) is 0.0881. The number of nitrogens with two attached hydrogens (primary N) is 1. The molecular weight excluding hydrogens is 731 g/mol. The molecule has 0 unspecified atom stereocenters. The number of nitrogens with zero attached hydrogens (tertiary/aromatic N) is 5. The van der Waals surface area contributed by atoms with Crippen LogP contribution in [0, 0.1) is 0 Å². The Hall–Kier alpha value is -5.78. The van der Waals surface area contributed by atoms with Crippen molar-refractivity contribution in [3.63, 3.8) is 0 Å². The van der Waals surface area contributed by atoms with Crippen molar-refractivity contribution in [3.8, 4) is 0 Å². The third-order valence-electron chi connectivity index (χ3n) is 8.76. The van der Waals surface area contributed by atoms with Gasteiger partial charge in [0.15, 0.2) is 0 Å². The topological polar surface area (TPSA) is 206 Å². The van der Waals surface area contributed by atoms with Crippen molar-refractivity contribution < 1.29 is 34.8 Å². The smallest absolute Gasteiger partial charge is 0.410 e. The lowest BCUT2D eigenvalue weighted by Crippen LogP contribution is -2.33. The van der Waals surface area contributed by atoms with Crippen LogP contribution in [0.5, 0.6) is 0 Å². The number of hydrogen-bond acceptors (Lipinski definition) is 8. The monoisotopic (exact) mass is 778 g/mol. The van der Waals surface area contributed by atoms with Crippen LogP contribution >= 0.6 is 7.92 Å². The van der Waals surface area contributed by atoms with Gasteiger partial charge in [-0.05, 0) is 40.5 Å². The van der Waals surface area contributed by atoms with E-state index in [1.807, 2.05) is 60.7 Å². The number of azide groups is 1. The van der Waals surface area contributed by atoms with Gasteiger partial charge in [-0.3, -0.25) is 0 Å². The Balaban J connectivity index is 0.000000185. The summed E-state index contributed by atoms with van der Waals surface area (Å²) in [6, 6.07) is 50.1. The van der Waals surface area contributed by atoms with E-state index in [0.29, 0.717) is 6.54 Å². The number of likely N-dealkylation sites (tertiary alicyclic amines) is 2. The molecule has 2 aliphatic rings. The van der Waals surface area contributed by atoms with Crippen molar-refractivity contribution in [2.24, 2.45) is 10.8 Å². The molecule has 14 heteroatoms. The highest BCUT2D eigenvalue weighted by atomic mass is 31.1. The average Bonchev–Trinajstić information content (AvgIpc) is 3.78. The molecule has 6 N–H and O–H groups in total. The summed E-state index contributed by atoms with van der Waals surface area (Å²) in [5.74, 6) is 0. The number of carbonyl (C=O) groups excluding carboxylic acids is 2. The van der Waals surface area contributed by atoms with E-state index in [2.05, 4.69) is 101 Å². The molecule has 7 rings (SSSR count). The minimum atomic E-state index is -0.833. The van der Waals surface area contributed by atoms with Crippen LogP contribution in [0.2, 0.25) is 0 Å². The van der Waals surface area contributed by atoms with Gasteiger partial charge in [-0.25, -0.2) is 9.59 Å². The maximum Gasteiger partial charge on any atom is 0.410 e. The minimum Gasteiger partial charge on any atom is -0.445 e. The fraction of sp³-hybridized carbons (Fsp3) is 0.238. The summed E-state index contributed by atoms with van der Waals surface area (Å²) in [7, 11) is -0.446. The van der Waals surface area contributed by atoms with Gasteiger partial charge >= 0.3 is 12.2 Å². The van der Waals surface area contributed by atoms with E-state index < -0.39 is 38.4 Å². The van der Waals surface area contributed by atoms with E-state index in [0.717, 1.165) is 11.1 Å². The van der Waals surface area contributed by atoms with Gasteiger partial charge in [-0.1, -0.05) is 157 Å². The molecule has 2 heterocycles. The van der Waals surface area contributed by atoms with Crippen molar-refractivity contribution >= 4 is 36.0 Å². The van der Waals surface area contributed by atoms with Crippen LogP contribution < -0.4 is 21.6 Å². The van der Waals surface area contributed by atoms with Crippen LogP contribution in [0.1, 0.15) is 11.1 Å². The summed E-state index contributed by atoms with van der Waals surface area (Å²) in [6.45, 7) is 1.31. The number of β-amino-alcohol motifs (C(OH)–C–C–N with tert-alkyl or cyclic N) is 2. The van der Waals surface area contributed by atoms with E-state index in [4.69, 9.17) is 20.7 Å². The number of carbonyl (C=O) groups is 2. The van der Waals surface area contributed by atoms with E-state index in [-0.39, 0.29) is 44.4 Å². The van der Waals surface area contributed by atoms with Crippen molar-refractivity contribution in [1.82, 2.24) is 9.80 Å². The zero-order valence-corrected chi connectivity index (χ0v) is 31.7. The Morgan fingerprint density at radius 3 is 1.34 bits per heavy atom. The normalized spacial score (nSPS) is 18.2. The molecule has 0 spiro atoms. The van der Waals surface area contributed by atoms with Crippen molar-refractivity contribution in [2.75, 3.05) is 26.2 Å². The van der Waals surface area contributed by atoms with E-state index >= 15 is 0 Å². The van der Waals surface area contributed by atoms with Gasteiger partial charge in [0.1, 0.15) is 13.2 Å². The van der Waals surface area contributed by atoms with E-state index in [1.54, 1.807) is 0 Å². The van der Waals surface area contributed by atoms with Gasteiger partial charge in [0, 0.05) is 18.0 Å². The molecule has 0 radical (unpaired) electrons. The largest absolute Gasteiger partial charge is 0.445 e. The molecule has 2 saturated heterocycles. The average molecular weight is 779 g/mol. The van der Waals surface area contributed by atoms with Crippen LogP contribution in [0.15, 0.2) is 157 Å². The Morgan fingerprint density at radius 2 is 0.982 bits per heavy atom. The number of hydrogen-bond donors (Lipinski definition) is 3. The second-order valence-electron chi connectivity index (χ2n) is 12.8.